The average Bonchev–Trinajstić information content (AvgIpc) is 2.83. The lowest BCUT2D eigenvalue weighted by molar-refractivity contribution is 0.258. The summed E-state index contributed by atoms with van der Waals surface area (Å²) < 4.78 is 0. The largest absolute Gasteiger partial charge is 0.396 e. The molecular weight excluding hydrogens is 234 g/mol. The van der Waals surface area contributed by atoms with Crippen LogP contribution < -0.4 is 5.32 Å². The second kappa shape index (κ2) is 6.39. The molecule has 1 fully saturated rings. The number of aliphatic hydroxyl groups excluding tert-OH is 1. The van der Waals surface area contributed by atoms with E-state index < -0.39 is 0 Å². The van der Waals surface area contributed by atoms with Gasteiger partial charge in [0.05, 0.1) is 6.61 Å². The van der Waals surface area contributed by atoms with Gasteiger partial charge in [0.1, 0.15) is 0 Å². The van der Waals surface area contributed by atoms with Crippen LogP contribution in [0.4, 0.5) is 0 Å². The maximum absolute atomic E-state index is 9.46. The van der Waals surface area contributed by atoms with E-state index in [-0.39, 0.29) is 12.5 Å². The molecule has 1 aromatic carbocycles. The van der Waals surface area contributed by atoms with Crippen LogP contribution in [0.25, 0.3) is 0 Å². The number of halogens is 1. The zero-order chi connectivity index (χ0) is 12.1. The molecule has 0 bridgehead atoms. The number of aliphatic hydroxyl groups is 1. The van der Waals surface area contributed by atoms with Gasteiger partial charge in [0, 0.05) is 23.5 Å². The van der Waals surface area contributed by atoms with Gasteiger partial charge in [-0.3, -0.25) is 0 Å². The van der Waals surface area contributed by atoms with Crippen molar-refractivity contribution in [2.24, 2.45) is 0 Å². The standard InChI is InChI=1S/C14H20ClNO/c15-13-5-3-4-11(8-13)12(10-17)9-16-14-6-1-2-7-14/h3-5,8,12,14,16-17H,1-2,6-7,9-10H2. The monoisotopic (exact) mass is 253 g/mol. The van der Waals surface area contributed by atoms with E-state index in [9.17, 15) is 5.11 Å². The van der Waals surface area contributed by atoms with Gasteiger partial charge >= 0.3 is 0 Å². The van der Waals surface area contributed by atoms with E-state index in [1.54, 1.807) is 0 Å². The summed E-state index contributed by atoms with van der Waals surface area (Å²) in [7, 11) is 0. The van der Waals surface area contributed by atoms with E-state index in [2.05, 4.69) is 5.32 Å². The van der Waals surface area contributed by atoms with Crippen LogP contribution in [0.1, 0.15) is 37.2 Å². The zero-order valence-corrected chi connectivity index (χ0v) is 10.8. The summed E-state index contributed by atoms with van der Waals surface area (Å²) in [4.78, 5) is 0. The summed E-state index contributed by atoms with van der Waals surface area (Å²) in [6.45, 7) is 1.00. The van der Waals surface area contributed by atoms with E-state index in [1.165, 1.54) is 25.7 Å². The Labute approximate surface area is 108 Å². The fourth-order valence-corrected chi connectivity index (χ4v) is 2.69. The Hall–Kier alpha value is -0.570. The maximum Gasteiger partial charge on any atom is 0.0511 e. The molecule has 0 aromatic heterocycles. The highest BCUT2D eigenvalue weighted by molar-refractivity contribution is 6.30. The zero-order valence-electron chi connectivity index (χ0n) is 10.0. The SMILES string of the molecule is OCC(CNC1CCCC1)c1cccc(Cl)c1. The quantitative estimate of drug-likeness (QED) is 0.846. The molecule has 94 valence electrons. The van der Waals surface area contributed by atoms with E-state index in [4.69, 9.17) is 11.6 Å². The number of hydrogen-bond donors (Lipinski definition) is 2. The highest BCUT2D eigenvalue weighted by atomic mass is 35.5. The van der Waals surface area contributed by atoms with Crippen LogP contribution in [0.5, 0.6) is 0 Å². The topological polar surface area (TPSA) is 32.3 Å². The van der Waals surface area contributed by atoms with Crippen molar-refractivity contribution in [2.75, 3.05) is 13.2 Å². The fourth-order valence-electron chi connectivity index (χ4n) is 2.49. The minimum absolute atomic E-state index is 0.147. The second-order valence-corrected chi connectivity index (χ2v) is 5.26. The van der Waals surface area contributed by atoms with Gasteiger partial charge in [-0.1, -0.05) is 36.6 Å². The number of rotatable bonds is 5. The van der Waals surface area contributed by atoms with Gasteiger partial charge < -0.3 is 10.4 Å². The van der Waals surface area contributed by atoms with Gasteiger partial charge in [-0.15, -0.1) is 0 Å². The van der Waals surface area contributed by atoms with Crippen molar-refractivity contribution in [2.45, 2.75) is 37.6 Å². The molecule has 1 atom stereocenters. The smallest absolute Gasteiger partial charge is 0.0511 e. The highest BCUT2D eigenvalue weighted by Gasteiger charge is 2.17. The third-order valence-corrected chi connectivity index (χ3v) is 3.78. The van der Waals surface area contributed by atoms with E-state index in [1.807, 2.05) is 24.3 Å². The Morgan fingerprint density at radius 1 is 1.35 bits per heavy atom. The summed E-state index contributed by atoms with van der Waals surface area (Å²) in [5.41, 5.74) is 1.12. The molecule has 0 heterocycles. The van der Waals surface area contributed by atoms with Crippen LogP contribution in [0, 0.1) is 0 Å². The Kier molecular flexibility index (Phi) is 4.84. The summed E-state index contributed by atoms with van der Waals surface area (Å²) in [6, 6.07) is 8.42. The van der Waals surface area contributed by atoms with Gasteiger partial charge in [-0.2, -0.15) is 0 Å². The predicted octanol–water partition coefficient (Wildman–Crippen LogP) is 2.95. The molecule has 0 saturated heterocycles. The van der Waals surface area contributed by atoms with Gasteiger partial charge in [0.2, 0.25) is 0 Å². The first-order chi connectivity index (χ1) is 8.29. The first kappa shape index (κ1) is 12.9. The van der Waals surface area contributed by atoms with Crippen molar-refractivity contribution in [1.82, 2.24) is 5.32 Å². The van der Waals surface area contributed by atoms with Crippen molar-refractivity contribution in [3.63, 3.8) is 0 Å². The Bertz CT molecular complexity index is 350. The summed E-state index contributed by atoms with van der Waals surface area (Å²) in [5.74, 6) is 0.147. The number of benzene rings is 1. The summed E-state index contributed by atoms with van der Waals surface area (Å²) in [6.07, 6.45) is 5.21. The van der Waals surface area contributed by atoms with Crippen LogP contribution >= 0.6 is 11.6 Å². The normalized spacial score (nSPS) is 18.5. The summed E-state index contributed by atoms with van der Waals surface area (Å²) >= 11 is 5.97. The third-order valence-electron chi connectivity index (χ3n) is 3.55. The van der Waals surface area contributed by atoms with Crippen molar-refractivity contribution in [3.05, 3.63) is 34.9 Å². The molecule has 2 N–H and O–H groups in total. The Balaban J connectivity index is 1.91. The van der Waals surface area contributed by atoms with Gasteiger partial charge in [-0.25, -0.2) is 0 Å². The molecule has 1 saturated carbocycles. The molecule has 0 amide bonds. The van der Waals surface area contributed by atoms with Crippen molar-refractivity contribution in [3.8, 4) is 0 Å². The Morgan fingerprint density at radius 3 is 2.76 bits per heavy atom. The fraction of sp³-hybridized carbons (Fsp3) is 0.571. The van der Waals surface area contributed by atoms with Crippen LogP contribution in [-0.4, -0.2) is 24.3 Å². The molecule has 1 aromatic rings. The highest BCUT2D eigenvalue weighted by Crippen LogP contribution is 2.21. The molecule has 1 unspecified atom stereocenters. The first-order valence-corrected chi connectivity index (χ1v) is 6.77. The molecule has 1 aliphatic rings. The first-order valence-electron chi connectivity index (χ1n) is 6.39. The van der Waals surface area contributed by atoms with E-state index in [0.717, 1.165) is 17.1 Å². The van der Waals surface area contributed by atoms with Crippen LogP contribution in [-0.2, 0) is 0 Å². The molecule has 1 aliphatic carbocycles. The lowest BCUT2D eigenvalue weighted by atomic mass is 9.99. The maximum atomic E-state index is 9.46. The van der Waals surface area contributed by atoms with Crippen molar-refractivity contribution >= 4 is 11.6 Å². The summed E-state index contributed by atoms with van der Waals surface area (Å²) in [5, 5.41) is 13.7. The van der Waals surface area contributed by atoms with Crippen molar-refractivity contribution < 1.29 is 5.11 Å². The van der Waals surface area contributed by atoms with Crippen LogP contribution in [0.2, 0.25) is 5.02 Å². The minimum Gasteiger partial charge on any atom is -0.396 e. The van der Waals surface area contributed by atoms with Gasteiger partial charge in [0.25, 0.3) is 0 Å². The molecule has 3 heteroatoms. The van der Waals surface area contributed by atoms with E-state index >= 15 is 0 Å². The predicted molar refractivity (Wildman–Crippen MR) is 71.5 cm³/mol. The average molecular weight is 254 g/mol. The van der Waals surface area contributed by atoms with Gasteiger partial charge in [-0.05, 0) is 30.5 Å². The lowest BCUT2D eigenvalue weighted by Crippen LogP contribution is -2.31. The molecule has 0 spiro atoms. The van der Waals surface area contributed by atoms with E-state index in [0.29, 0.717) is 6.04 Å². The molecule has 17 heavy (non-hydrogen) atoms. The Morgan fingerprint density at radius 2 is 2.12 bits per heavy atom. The third kappa shape index (κ3) is 3.70. The molecular formula is C14H20ClNO. The molecule has 0 aliphatic heterocycles. The molecule has 2 nitrogen and oxygen atoms in total. The van der Waals surface area contributed by atoms with Crippen LogP contribution in [0.3, 0.4) is 0 Å². The molecule has 2 rings (SSSR count). The number of hydrogen-bond acceptors (Lipinski definition) is 2. The van der Waals surface area contributed by atoms with Crippen LogP contribution in [0.15, 0.2) is 24.3 Å². The second-order valence-electron chi connectivity index (χ2n) is 4.82. The minimum atomic E-state index is 0.147. The molecule has 0 radical (unpaired) electrons. The number of nitrogens with one attached hydrogen (secondary N) is 1. The van der Waals surface area contributed by atoms with Crippen molar-refractivity contribution in [1.29, 1.82) is 0 Å². The van der Waals surface area contributed by atoms with Gasteiger partial charge in [0.15, 0.2) is 0 Å². The lowest BCUT2D eigenvalue weighted by Gasteiger charge is -2.19.